The van der Waals surface area contributed by atoms with Gasteiger partial charge in [0.2, 0.25) is 0 Å². The highest BCUT2D eigenvalue weighted by atomic mass is 32.2. The third-order valence-electron chi connectivity index (χ3n) is 2.80. The average molecular weight is 295 g/mol. The molecule has 19 heavy (non-hydrogen) atoms. The van der Waals surface area contributed by atoms with Crippen LogP contribution in [0.2, 0.25) is 0 Å². The van der Waals surface area contributed by atoms with Crippen LogP contribution in [0, 0.1) is 16.1 Å². The lowest BCUT2D eigenvalue weighted by atomic mass is 10.2. The van der Waals surface area contributed by atoms with Gasteiger partial charge in [0.05, 0.1) is 28.4 Å². The van der Waals surface area contributed by atoms with Crippen molar-refractivity contribution in [2.75, 3.05) is 12.0 Å². The van der Waals surface area contributed by atoms with Crippen molar-refractivity contribution in [3.05, 3.63) is 28.5 Å². The summed E-state index contributed by atoms with van der Waals surface area (Å²) in [5.74, 6) is 0.124. The minimum Gasteiger partial charge on any atom is -0.331 e. The molecular formula is C12H13N3O2S2. The van der Waals surface area contributed by atoms with Gasteiger partial charge in [-0.1, -0.05) is 0 Å². The van der Waals surface area contributed by atoms with Gasteiger partial charge in [-0.15, -0.1) is 0 Å². The summed E-state index contributed by atoms with van der Waals surface area (Å²) in [6, 6.07) is 7.35. The average Bonchev–Trinajstić information content (AvgIpc) is 2.63. The normalized spacial score (nSPS) is 11.6. The molecule has 0 unspecified atom stereocenters. The molecule has 0 aliphatic carbocycles. The maximum absolute atomic E-state index is 11.1. The molecule has 0 aliphatic rings. The highest BCUT2D eigenvalue weighted by Crippen LogP contribution is 2.16. The van der Waals surface area contributed by atoms with Crippen LogP contribution in [0.3, 0.4) is 0 Å². The van der Waals surface area contributed by atoms with Crippen molar-refractivity contribution in [2.24, 2.45) is 0 Å². The number of hydrogen-bond acceptors (Lipinski definition) is 4. The molecule has 0 radical (unpaired) electrons. The Bertz CT molecular complexity index is 810. The van der Waals surface area contributed by atoms with E-state index >= 15 is 0 Å². The molecule has 0 aliphatic heterocycles. The largest absolute Gasteiger partial charge is 0.331 e. The van der Waals surface area contributed by atoms with Crippen LogP contribution >= 0.6 is 12.2 Å². The van der Waals surface area contributed by atoms with Crippen molar-refractivity contribution < 1.29 is 8.42 Å². The SMILES string of the molecule is CS(=O)(=O)CCCn1c(=S)[nH]c2ccc(C#N)cc21. The zero-order valence-corrected chi connectivity index (χ0v) is 12.0. The van der Waals surface area contributed by atoms with Gasteiger partial charge in [-0.3, -0.25) is 0 Å². The van der Waals surface area contributed by atoms with Gasteiger partial charge in [-0.05, 0) is 36.8 Å². The summed E-state index contributed by atoms with van der Waals surface area (Å²) in [6.45, 7) is 0.515. The van der Waals surface area contributed by atoms with Crippen LogP contribution in [-0.4, -0.2) is 30.0 Å². The first kappa shape index (κ1) is 13.8. The predicted molar refractivity (Wildman–Crippen MR) is 76.2 cm³/mol. The van der Waals surface area contributed by atoms with E-state index in [-0.39, 0.29) is 5.75 Å². The van der Waals surface area contributed by atoms with E-state index in [0.717, 1.165) is 11.0 Å². The highest BCUT2D eigenvalue weighted by molar-refractivity contribution is 7.90. The molecule has 0 spiro atoms. The van der Waals surface area contributed by atoms with E-state index < -0.39 is 9.84 Å². The third-order valence-corrected chi connectivity index (χ3v) is 4.15. The molecule has 0 bridgehead atoms. The van der Waals surface area contributed by atoms with E-state index in [1.54, 1.807) is 18.2 Å². The van der Waals surface area contributed by atoms with Crippen molar-refractivity contribution in [3.63, 3.8) is 0 Å². The number of imidazole rings is 1. The molecule has 0 saturated heterocycles. The fraction of sp³-hybridized carbons (Fsp3) is 0.333. The minimum atomic E-state index is -2.97. The summed E-state index contributed by atoms with van der Waals surface area (Å²) >= 11 is 5.21. The van der Waals surface area contributed by atoms with E-state index in [2.05, 4.69) is 11.1 Å². The maximum Gasteiger partial charge on any atom is 0.178 e. The summed E-state index contributed by atoms with van der Waals surface area (Å²) in [4.78, 5) is 3.04. The van der Waals surface area contributed by atoms with Gasteiger partial charge in [0.1, 0.15) is 9.84 Å². The Balaban J connectivity index is 2.34. The van der Waals surface area contributed by atoms with Crippen LogP contribution in [0.4, 0.5) is 0 Å². The summed E-state index contributed by atoms with van der Waals surface area (Å²) in [6.07, 6.45) is 1.71. The van der Waals surface area contributed by atoms with Crippen LogP contribution in [0.15, 0.2) is 18.2 Å². The molecule has 5 nitrogen and oxygen atoms in total. The van der Waals surface area contributed by atoms with Crippen LogP contribution in [-0.2, 0) is 16.4 Å². The number of hydrogen-bond donors (Lipinski definition) is 1. The Kier molecular flexibility index (Phi) is 3.73. The fourth-order valence-corrected chi connectivity index (χ4v) is 2.88. The number of H-pyrrole nitrogens is 1. The predicted octanol–water partition coefficient (Wildman–Crippen LogP) is 2.01. The standard InChI is InChI=1S/C12H13N3O2S2/c1-19(16,17)6-2-5-15-11-7-9(8-13)3-4-10(11)14-12(15)18/h3-4,7H,2,5-6H2,1H3,(H,14,18). The molecule has 2 rings (SSSR count). The van der Waals surface area contributed by atoms with Crippen LogP contribution < -0.4 is 0 Å². The van der Waals surface area contributed by atoms with Crippen molar-refractivity contribution in [1.29, 1.82) is 5.26 Å². The lowest BCUT2D eigenvalue weighted by Gasteiger charge is -2.04. The van der Waals surface area contributed by atoms with Gasteiger partial charge in [-0.2, -0.15) is 5.26 Å². The second-order valence-electron chi connectivity index (χ2n) is 4.41. The van der Waals surface area contributed by atoms with Crippen molar-refractivity contribution in [2.45, 2.75) is 13.0 Å². The lowest BCUT2D eigenvalue weighted by Crippen LogP contribution is -2.07. The molecule has 0 amide bonds. The molecule has 1 heterocycles. The molecule has 1 aromatic carbocycles. The molecule has 1 aromatic heterocycles. The lowest BCUT2D eigenvalue weighted by molar-refractivity contribution is 0.592. The van der Waals surface area contributed by atoms with Gasteiger partial charge < -0.3 is 9.55 Å². The highest BCUT2D eigenvalue weighted by Gasteiger charge is 2.07. The minimum absolute atomic E-state index is 0.124. The van der Waals surface area contributed by atoms with Crippen molar-refractivity contribution in [3.8, 4) is 6.07 Å². The molecule has 100 valence electrons. The van der Waals surface area contributed by atoms with E-state index in [4.69, 9.17) is 17.5 Å². The monoisotopic (exact) mass is 295 g/mol. The Morgan fingerprint density at radius 3 is 2.84 bits per heavy atom. The summed E-state index contributed by atoms with van der Waals surface area (Å²) < 4.78 is 24.6. The molecular weight excluding hydrogens is 282 g/mol. The molecule has 2 aromatic rings. The number of nitriles is 1. The number of nitrogens with one attached hydrogen (secondary N) is 1. The van der Waals surface area contributed by atoms with Crippen molar-refractivity contribution in [1.82, 2.24) is 9.55 Å². The quantitative estimate of drug-likeness (QED) is 0.875. The maximum atomic E-state index is 11.1. The molecule has 0 saturated carbocycles. The van der Waals surface area contributed by atoms with Crippen LogP contribution in [0.1, 0.15) is 12.0 Å². The number of benzene rings is 1. The fourth-order valence-electron chi connectivity index (χ4n) is 1.93. The first-order chi connectivity index (χ1) is 8.90. The van der Waals surface area contributed by atoms with Crippen LogP contribution in [0.25, 0.3) is 11.0 Å². The smallest absolute Gasteiger partial charge is 0.178 e. The molecule has 1 N–H and O–H groups in total. The van der Waals surface area contributed by atoms with E-state index in [0.29, 0.717) is 23.3 Å². The summed E-state index contributed by atoms with van der Waals surface area (Å²) in [5.41, 5.74) is 2.24. The molecule has 0 fully saturated rings. The topological polar surface area (TPSA) is 78.7 Å². The van der Waals surface area contributed by atoms with Gasteiger partial charge >= 0.3 is 0 Å². The Morgan fingerprint density at radius 1 is 1.47 bits per heavy atom. The molecule has 7 heteroatoms. The number of fused-ring (bicyclic) bond motifs is 1. The zero-order valence-electron chi connectivity index (χ0n) is 10.4. The van der Waals surface area contributed by atoms with Gasteiger partial charge in [0.15, 0.2) is 4.77 Å². The second-order valence-corrected chi connectivity index (χ2v) is 7.06. The number of aromatic amines is 1. The third kappa shape index (κ3) is 3.22. The molecule has 0 atom stereocenters. The Morgan fingerprint density at radius 2 is 2.21 bits per heavy atom. The van der Waals surface area contributed by atoms with Gasteiger partial charge in [0, 0.05) is 12.8 Å². The second kappa shape index (κ2) is 5.15. The van der Waals surface area contributed by atoms with E-state index in [1.165, 1.54) is 6.26 Å². The van der Waals surface area contributed by atoms with E-state index in [1.807, 2.05) is 4.57 Å². The van der Waals surface area contributed by atoms with Gasteiger partial charge in [-0.25, -0.2) is 8.42 Å². The first-order valence-electron chi connectivity index (χ1n) is 5.71. The Labute approximate surface area is 116 Å². The Hall–Kier alpha value is -1.65. The van der Waals surface area contributed by atoms with Crippen LogP contribution in [0.5, 0.6) is 0 Å². The van der Waals surface area contributed by atoms with Crippen molar-refractivity contribution >= 4 is 33.1 Å². The first-order valence-corrected chi connectivity index (χ1v) is 8.18. The zero-order chi connectivity index (χ0) is 14.0. The summed E-state index contributed by atoms with van der Waals surface area (Å²) in [5, 5.41) is 8.90. The van der Waals surface area contributed by atoms with E-state index in [9.17, 15) is 8.42 Å². The van der Waals surface area contributed by atoms with Gasteiger partial charge in [0.25, 0.3) is 0 Å². The number of aryl methyl sites for hydroxylation is 1. The number of aromatic nitrogens is 2. The number of rotatable bonds is 4. The number of sulfone groups is 1. The summed E-state index contributed by atoms with van der Waals surface area (Å²) in [7, 11) is -2.97. The number of nitrogens with zero attached hydrogens (tertiary/aromatic N) is 2.